The molecule has 3 nitrogen and oxygen atoms in total. The van der Waals surface area contributed by atoms with Gasteiger partial charge in [-0.1, -0.05) is 34.6 Å². The van der Waals surface area contributed by atoms with Crippen LogP contribution >= 0.6 is 0 Å². The molecule has 0 heterocycles. The van der Waals surface area contributed by atoms with Gasteiger partial charge in [0.2, 0.25) is 0 Å². The fraction of sp³-hybridized carbons (Fsp3) is 0.611. The number of aromatic hydroxyl groups is 1. The Morgan fingerprint density at radius 3 is 2.43 bits per heavy atom. The molecule has 3 heteroatoms. The molecular formula is C18H28O3. The van der Waals surface area contributed by atoms with Gasteiger partial charge in [0.15, 0.2) is 5.78 Å². The van der Waals surface area contributed by atoms with Crippen LogP contribution in [0.4, 0.5) is 0 Å². The van der Waals surface area contributed by atoms with Crippen molar-refractivity contribution < 1.29 is 14.6 Å². The van der Waals surface area contributed by atoms with E-state index in [-0.39, 0.29) is 16.9 Å². The summed E-state index contributed by atoms with van der Waals surface area (Å²) in [5, 5.41) is 10.2. The van der Waals surface area contributed by atoms with Crippen molar-refractivity contribution in [2.24, 2.45) is 5.92 Å². The number of hydrogen-bond donors (Lipinski definition) is 1. The van der Waals surface area contributed by atoms with E-state index in [1.807, 2.05) is 33.8 Å². The lowest BCUT2D eigenvalue weighted by Crippen LogP contribution is -2.14. The van der Waals surface area contributed by atoms with Gasteiger partial charge < -0.3 is 9.84 Å². The van der Waals surface area contributed by atoms with Crippen LogP contribution in [0.5, 0.6) is 5.75 Å². The Morgan fingerprint density at radius 1 is 1.29 bits per heavy atom. The molecule has 0 fully saturated rings. The van der Waals surface area contributed by atoms with Crippen molar-refractivity contribution in [1.29, 1.82) is 0 Å². The van der Waals surface area contributed by atoms with Crippen molar-refractivity contribution >= 4 is 5.78 Å². The second-order valence-electron chi connectivity index (χ2n) is 7.08. The summed E-state index contributed by atoms with van der Waals surface area (Å²) in [7, 11) is 0. The molecule has 1 N–H and O–H groups in total. The molecule has 0 spiro atoms. The lowest BCUT2D eigenvalue weighted by Gasteiger charge is -2.22. The van der Waals surface area contributed by atoms with Crippen molar-refractivity contribution in [1.82, 2.24) is 0 Å². The largest absolute Gasteiger partial charge is 0.507 e. The van der Waals surface area contributed by atoms with Crippen molar-refractivity contribution in [3.05, 3.63) is 28.8 Å². The number of ketones is 1. The molecule has 0 aromatic heterocycles. The third-order valence-corrected chi connectivity index (χ3v) is 3.36. The number of ether oxygens (including phenoxy) is 1. The maximum Gasteiger partial charge on any atom is 0.165 e. The summed E-state index contributed by atoms with van der Waals surface area (Å²) in [6.45, 7) is 13.2. The van der Waals surface area contributed by atoms with E-state index < -0.39 is 0 Å². The molecule has 1 aromatic carbocycles. The van der Waals surface area contributed by atoms with Crippen LogP contribution in [-0.2, 0) is 10.2 Å². The average molecular weight is 292 g/mol. The summed E-state index contributed by atoms with van der Waals surface area (Å²) in [5.41, 5.74) is 2.02. The van der Waals surface area contributed by atoms with Gasteiger partial charge in [0, 0.05) is 24.2 Å². The van der Waals surface area contributed by atoms with E-state index in [0.717, 1.165) is 11.1 Å². The SMILES string of the molecule is Cc1cc(C(=O)CCOCC(C)C)cc(C(C)(C)C)c1O. The Balaban J connectivity index is 2.84. The van der Waals surface area contributed by atoms with Gasteiger partial charge in [-0.2, -0.15) is 0 Å². The Labute approximate surface area is 128 Å². The average Bonchev–Trinajstić information content (AvgIpc) is 2.35. The minimum absolute atomic E-state index is 0.0624. The summed E-state index contributed by atoms with van der Waals surface area (Å²) in [5.74, 6) is 0.825. The predicted octanol–water partition coefficient (Wildman–Crippen LogP) is 4.24. The van der Waals surface area contributed by atoms with Crippen LogP contribution < -0.4 is 0 Å². The van der Waals surface area contributed by atoms with Crippen molar-refractivity contribution in [2.75, 3.05) is 13.2 Å². The van der Waals surface area contributed by atoms with E-state index in [2.05, 4.69) is 13.8 Å². The predicted molar refractivity (Wildman–Crippen MR) is 86.1 cm³/mol. The van der Waals surface area contributed by atoms with Crippen molar-refractivity contribution in [2.45, 2.75) is 53.4 Å². The highest BCUT2D eigenvalue weighted by molar-refractivity contribution is 5.96. The first-order chi connectivity index (χ1) is 9.62. The van der Waals surface area contributed by atoms with Crippen LogP contribution in [0.1, 0.15) is 62.5 Å². The standard InChI is InChI=1S/C18H28O3/c1-12(2)11-21-8-7-16(19)14-9-13(3)17(20)15(10-14)18(4,5)6/h9-10,12,20H,7-8,11H2,1-6H3. The lowest BCUT2D eigenvalue weighted by atomic mass is 9.83. The molecule has 0 bridgehead atoms. The van der Waals surface area contributed by atoms with Crippen LogP contribution in [0.2, 0.25) is 0 Å². The quantitative estimate of drug-likeness (QED) is 0.630. The Morgan fingerprint density at radius 2 is 1.90 bits per heavy atom. The van der Waals surface area contributed by atoms with Gasteiger partial charge in [-0.25, -0.2) is 0 Å². The molecule has 118 valence electrons. The van der Waals surface area contributed by atoms with Gasteiger partial charge in [0.25, 0.3) is 0 Å². The van der Waals surface area contributed by atoms with Crippen LogP contribution in [-0.4, -0.2) is 24.1 Å². The maximum atomic E-state index is 12.3. The lowest BCUT2D eigenvalue weighted by molar-refractivity contribution is 0.0824. The normalized spacial score (nSPS) is 12.0. The van der Waals surface area contributed by atoms with Gasteiger partial charge in [-0.3, -0.25) is 4.79 Å². The van der Waals surface area contributed by atoms with E-state index in [1.165, 1.54) is 0 Å². The van der Waals surface area contributed by atoms with E-state index in [1.54, 1.807) is 6.07 Å². The van der Waals surface area contributed by atoms with Crippen molar-refractivity contribution in [3.63, 3.8) is 0 Å². The van der Waals surface area contributed by atoms with Crippen LogP contribution in [0.15, 0.2) is 12.1 Å². The summed E-state index contributed by atoms with van der Waals surface area (Å²) in [6, 6.07) is 3.57. The summed E-state index contributed by atoms with van der Waals surface area (Å²) in [6.07, 6.45) is 0.376. The van der Waals surface area contributed by atoms with Crippen LogP contribution in [0.3, 0.4) is 0 Å². The molecule has 1 rings (SSSR count). The van der Waals surface area contributed by atoms with E-state index >= 15 is 0 Å². The minimum atomic E-state index is -0.195. The topological polar surface area (TPSA) is 46.5 Å². The molecule has 1 aromatic rings. The number of aryl methyl sites for hydroxylation is 1. The zero-order chi connectivity index (χ0) is 16.2. The summed E-state index contributed by atoms with van der Waals surface area (Å²) in [4.78, 5) is 12.3. The number of rotatable bonds is 6. The fourth-order valence-electron chi connectivity index (χ4n) is 2.14. The molecular weight excluding hydrogens is 264 g/mol. The smallest absolute Gasteiger partial charge is 0.165 e. The molecule has 0 aliphatic rings. The minimum Gasteiger partial charge on any atom is -0.507 e. The first-order valence-electron chi connectivity index (χ1n) is 7.58. The van der Waals surface area contributed by atoms with Crippen LogP contribution in [0, 0.1) is 12.8 Å². The Bertz CT molecular complexity index is 496. The second-order valence-corrected chi connectivity index (χ2v) is 7.08. The third-order valence-electron chi connectivity index (χ3n) is 3.36. The molecule has 0 saturated carbocycles. The van der Waals surface area contributed by atoms with Crippen LogP contribution in [0.25, 0.3) is 0 Å². The van der Waals surface area contributed by atoms with E-state index in [4.69, 9.17) is 4.74 Å². The monoisotopic (exact) mass is 292 g/mol. The Hall–Kier alpha value is -1.35. The molecule has 0 aliphatic carbocycles. The van der Waals surface area contributed by atoms with Gasteiger partial charge in [-0.15, -0.1) is 0 Å². The molecule has 21 heavy (non-hydrogen) atoms. The summed E-state index contributed by atoms with van der Waals surface area (Å²) < 4.78 is 5.47. The molecule has 0 amide bonds. The Kier molecular flexibility index (Phi) is 5.97. The highest BCUT2D eigenvalue weighted by Gasteiger charge is 2.21. The fourth-order valence-corrected chi connectivity index (χ4v) is 2.14. The summed E-state index contributed by atoms with van der Waals surface area (Å²) >= 11 is 0. The number of phenolic OH excluding ortho intramolecular Hbond substituents is 1. The number of benzene rings is 1. The van der Waals surface area contributed by atoms with Gasteiger partial charge >= 0.3 is 0 Å². The zero-order valence-corrected chi connectivity index (χ0v) is 14.1. The highest BCUT2D eigenvalue weighted by atomic mass is 16.5. The molecule has 0 saturated heterocycles. The maximum absolute atomic E-state index is 12.3. The molecule has 0 unspecified atom stereocenters. The first kappa shape index (κ1) is 17.7. The van der Waals surface area contributed by atoms with Gasteiger partial charge in [0.05, 0.1) is 6.61 Å². The van der Waals surface area contributed by atoms with Gasteiger partial charge in [0.1, 0.15) is 5.75 Å². The highest BCUT2D eigenvalue weighted by Crippen LogP contribution is 2.34. The van der Waals surface area contributed by atoms with Gasteiger partial charge in [-0.05, 0) is 36.0 Å². The van der Waals surface area contributed by atoms with E-state index in [9.17, 15) is 9.90 Å². The number of Topliss-reactive ketones (excluding diaryl/α,β-unsaturated/α-hetero) is 1. The van der Waals surface area contributed by atoms with Crippen molar-refractivity contribution in [3.8, 4) is 5.75 Å². The second kappa shape index (κ2) is 7.08. The molecule has 0 atom stereocenters. The molecule has 0 aliphatic heterocycles. The first-order valence-corrected chi connectivity index (χ1v) is 7.58. The third kappa shape index (κ3) is 5.16. The number of carbonyl (C=O) groups excluding carboxylic acids is 1. The molecule has 0 radical (unpaired) electrons. The number of carbonyl (C=O) groups is 1. The zero-order valence-electron chi connectivity index (χ0n) is 14.1. The number of phenols is 1. The number of hydrogen-bond acceptors (Lipinski definition) is 3. The van der Waals surface area contributed by atoms with E-state index in [0.29, 0.717) is 31.1 Å².